The van der Waals surface area contributed by atoms with Gasteiger partial charge in [0.05, 0.1) is 42.4 Å². The zero-order valence-electron chi connectivity index (χ0n) is 20.6. The molecule has 190 valence electrons. The highest BCUT2D eigenvalue weighted by molar-refractivity contribution is 6.08. The Labute approximate surface area is 212 Å². The summed E-state index contributed by atoms with van der Waals surface area (Å²) >= 11 is 0. The van der Waals surface area contributed by atoms with Gasteiger partial charge in [-0.25, -0.2) is 9.37 Å². The molecule has 1 fully saturated rings. The minimum absolute atomic E-state index is 0.0653. The number of nitrogens with zero attached hydrogens (tertiary/aromatic N) is 2. The Bertz CT molecular complexity index is 1510. The Morgan fingerprint density at radius 1 is 1.08 bits per heavy atom. The summed E-state index contributed by atoms with van der Waals surface area (Å²) in [5.74, 6) is -0.176. The second-order valence-corrected chi connectivity index (χ2v) is 9.36. The zero-order chi connectivity index (χ0) is 25.6. The first-order chi connectivity index (χ1) is 18.0. The molecule has 0 unspecified atom stereocenters. The molecule has 4 aromatic rings. The normalized spacial score (nSPS) is 16.4. The number of pyridine rings is 2. The number of hydrogen-bond acceptors (Lipinski definition) is 7. The van der Waals surface area contributed by atoms with Crippen molar-refractivity contribution < 1.29 is 18.7 Å². The molecule has 1 spiro atoms. The summed E-state index contributed by atoms with van der Waals surface area (Å²) in [6, 6.07) is 10.1. The fourth-order valence-corrected chi connectivity index (χ4v) is 5.48. The van der Waals surface area contributed by atoms with Gasteiger partial charge in [0.15, 0.2) is 11.6 Å². The van der Waals surface area contributed by atoms with Crippen LogP contribution in [0.15, 0.2) is 42.6 Å². The maximum atomic E-state index is 14.6. The maximum absolute atomic E-state index is 14.6. The second-order valence-electron chi connectivity index (χ2n) is 9.36. The number of fused-ring (bicyclic) bond motifs is 3. The molecule has 0 bridgehead atoms. The standard InChI is InChI=1S/C27H27FN6O3/c1-36-19-7-6-17-21(33-19)15(8-11-30-17)22-23(32-18-5-3-4-16(28)24(18)37-2)20-25(34-22)27(14-31-26(20)35)9-12-29-13-10-27/h3-8,11,29,32,34H,9-10,12-14H2,1-2H3,(H,31,35). The Morgan fingerprint density at radius 2 is 1.92 bits per heavy atom. The molecule has 3 aromatic heterocycles. The molecule has 1 saturated heterocycles. The number of halogens is 1. The van der Waals surface area contributed by atoms with Crippen molar-refractivity contribution in [3.8, 4) is 22.9 Å². The molecule has 1 aromatic carbocycles. The summed E-state index contributed by atoms with van der Waals surface area (Å²) in [5.41, 5.74) is 4.80. The van der Waals surface area contributed by atoms with Crippen molar-refractivity contribution in [3.63, 3.8) is 0 Å². The molecule has 6 rings (SSSR count). The second kappa shape index (κ2) is 9.04. The number of hydrogen-bond donors (Lipinski definition) is 4. The molecule has 2 aliphatic heterocycles. The maximum Gasteiger partial charge on any atom is 0.255 e. The number of H-pyrrole nitrogens is 1. The van der Waals surface area contributed by atoms with Gasteiger partial charge in [-0.15, -0.1) is 0 Å². The van der Waals surface area contributed by atoms with Crippen LogP contribution in [0.2, 0.25) is 0 Å². The van der Waals surface area contributed by atoms with Gasteiger partial charge in [0.25, 0.3) is 5.91 Å². The van der Waals surface area contributed by atoms with Crippen LogP contribution in [0.5, 0.6) is 11.6 Å². The average Bonchev–Trinajstić information content (AvgIpc) is 3.31. The van der Waals surface area contributed by atoms with E-state index in [1.54, 1.807) is 31.5 Å². The first-order valence-electron chi connectivity index (χ1n) is 12.2. The van der Waals surface area contributed by atoms with Gasteiger partial charge >= 0.3 is 0 Å². The van der Waals surface area contributed by atoms with E-state index < -0.39 is 5.82 Å². The molecule has 0 aliphatic carbocycles. The first-order valence-corrected chi connectivity index (χ1v) is 12.2. The molecule has 1 amide bonds. The molecule has 37 heavy (non-hydrogen) atoms. The number of methoxy groups -OCH3 is 2. The Kier molecular flexibility index (Phi) is 5.68. The highest BCUT2D eigenvalue weighted by Crippen LogP contribution is 2.46. The zero-order valence-corrected chi connectivity index (χ0v) is 20.6. The van der Waals surface area contributed by atoms with Gasteiger partial charge in [0.1, 0.15) is 5.52 Å². The molecule has 0 radical (unpaired) electrons. The van der Waals surface area contributed by atoms with E-state index in [1.165, 1.54) is 13.2 Å². The van der Waals surface area contributed by atoms with Gasteiger partial charge in [0.2, 0.25) is 5.88 Å². The number of rotatable bonds is 5. The molecule has 0 atom stereocenters. The van der Waals surface area contributed by atoms with Crippen LogP contribution in [0, 0.1) is 5.82 Å². The number of aromatic nitrogens is 3. The fraction of sp³-hybridized carbons (Fsp3) is 0.296. The third-order valence-corrected chi connectivity index (χ3v) is 7.37. The van der Waals surface area contributed by atoms with Gasteiger partial charge in [-0.3, -0.25) is 9.78 Å². The number of nitrogens with one attached hydrogen (secondary N) is 4. The van der Waals surface area contributed by atoms with E-state index in [1.807, 2.05) is 12.1 Å². The van der Waals surface area contributed by atoms with E-state index in [9.17, 15) is 9.18 Å². The minimum Gasteiger partial charge on any atom is -0.492 e. The molecule has 5 heterocycles. The van der Waals surface area contributed by atoms with Crippen LogP contribution in [0.3, 0.4) is 0 Å². The van der Waals surface area contributed by atoms with Crippen molar-refractivity contribution in [3.05, 3.63) is 59.7 Å². The number of amides is 1. The fourth-order valence-electron chi connectivity index (χ4n) is 5.48. The number of para-hydroxylation sites is 1. The Hall–Kier alpha value is -4.18. The van der Waals surface area contributed by atoms with Crippen molar-refractivity contribution in [1.29, 1.82) is 0 Å². The van der Waals surface area contributed by atoms with Crippen LogP contribution in [0.1, 0.15) is 28.9 Å². The lowest BCUT2D eigenvalue weighted by atomic mass is 9.73. The van der Waals surface area contributed by atoms with Crippen LogP contribution in [-0.2, 0) is 5.41 Å². The van der Waals surface area contributed by atoms with Crippen LogP contribution < -0.4 is 25.4 Å². The van der Waals surface area contributed by atoms with E-state index in [0.717, 1.165) is 37.2 Å². The SMILES string of the molecule is COc1ccc2nccc(-c3[nH]c4c(c3Nc3cccc(F)c3OC)C(=O)NCC43CCNCC3)c2n1. The molecular weight excluding hydrogens is 475 g/mol. The summed E-state index contributed by atoms with van der Waals surface area (Å²) in [6.07, 6.45) is 3.44. The quantitative estimate of drug-likeness (QED) is 0.328. The Balaban J connectivity index is 1.63. The van der Waals surface area contributed by atoms with Gasteiger partial charge in [0, 0.05) is 35.5 Å². The predicted molar refractivity (Wildman–Crippen MR) is 138 cm³/mol. The number of anilines is 2. The highest BCUT2D eigenvalue weighted by Gasteiger charge is 2.44. The van der Waals surface area contributed by atoms with E-state index in [4.69, 9.17) is 9.47 Å². The largest absolute Gasteiger partial charge is 0.492 e. The number of benzene rings is 1. The summed E-state index contributed by atoms with van der Waals surface area (Å²) in [5, 5.41) is 9.86. The van der Waals surface area contributed by atoms with Crippen molar-refractivity contribution in [2.45, 2.75) is 18.3 Å². The molecule has 10 heteroatoms. The molecule has 9 nitrogen and oxygen atoms in total. The van der Waals surface area contributed by atoms with Gasteiger partial charge in [-0.05, 0) is 50.2 Å². The van der Waals surface area contributed by atoms with E-state index >= 15 is 0 Å². The number of carbonyl (C=O) groups is 1. The molecular formula is C27H27FN6O3. The van der Waals surface area contributed by atoms with Crippen LogP contribution in [-0.4, -0.2) is 54.7 Å². The smallest absolute Gasteiger partial charge is 0.255 e. The van der Waals surface area contributed by atoms with Crippen LogP contribution in [0.4, 0.5) is 15.8 Å². The van der Waals surface area contributed by atoms with E-state index in [-0.39, 0.29) is 17.1 Å². The van der Waals surface area contributed by atoms with Gasteiger partial charge < -0.3 is 30.4 Å². The summed E-state index contributed by atoms with van der Waals surface area (Å²) in [6.45, 7) is 2.24. The molecule has 4 N–H and O–H groups in total. The predicted octanol–water partition coefficient (Wildman–Crippen LogP) is 3.89. The highest BCUT2D eigenvalue weighted by atomic mass is 19.1. The van der Waals surface area contributed by atoms with Crippen LogP contribution >= 0.6 is 0 Å². The lowest BCUT2D eigenvalue weighted by Gasteiger charge is -2.40. The third kappa shape index (κ3) is 3.75. The third-order valence-electron chi connectivity index (χ3n) is 7.37. The monoisotopic (exact) mass is 502 g/mol. The summed E-state index contributed by atoms with van der Waals surface area (Å²) in [7, 11) is 2.98. The number of piperidine rings is 1. The van der Waals surface area contributed by atoms with Crippen molar-refractivity contribution >= 4 is 28.3 Å². The lowest BCUT2D eigenvalue weighted by molar-refractivity contribution is 0.0914. The average molecular weight is 503 g/mol. The van der Waals surface area contributed by atoms with Gasteiger partial charge in [-0.2, -0.15) is 0 Å². The van der Waals surface area contributed by atoms with Crippen molar-refractivity contribution in [1.82, 2.24) is 25.6 Å². The Morgan fingerprint density at radius 3 is 2.70 bits per heavy atom. The minimum atomic E-state index is -0.501. The van der Waals surface area contributed by atoms with Crippen LogP contribution in [0.25, 0.3) is 22.3 Å². The molecule has 0 saturated carbocycles. The summed E-state index contributed by atoms with van der Waals surface area (Å²) in [4.78, 5) is 26.2. The van der Waals surface area contributed by atoms with Gasteiger partial charge in [-0.1, -0.05) is 6.07 Å². The number of ether oxygens (including phenoxy) is 2. The van der Waals surface area contributed by atoms with Crippen molar-refractivity contribution in [2.24, 2.45) is 0 Å². The number of carbonyl (C=O) groups excluding carboxylic acids is 1. The van der Waals surface area contributed by atoms with E-state index in [2.05, 4.69) is 30.9 Å². The number of aromatic amines is 1. The topological polar surface area (TPSA) is 113 Å². The lowest BCUT2D eigenvalue weighted by Crippen LogP contribution is -2.52. The van der Waals surface area contributed by atoms with Crippen molar-refractivity contribution in [2.75, 3.05) is 39.2 Å². The van der Waals surface area contributed by atoms with E-state index in [0.29, 0.717) is 46.1 Å². The molecule has 2 aliphatic rings. The summed E-state index contributed by atoms with van der Waals surface area (Å²) < 4.78 is 25.3. The first kappa shape index (κ1) is 23.2.